The predicted octanol–water partition coefficient (Wildman–Crippen LogP) is 2.96. The van der Waals surface area contributed by atoms with Crippen molar-refractivity contribution in [2.24, 2.45) is 0 Å². The molecule has 0 N–H and O–H groups in total. The Hall–Kier alpha value is -1.79. The lowest BCUT2D eigenvalue weighted by Crippen LogP contribution is -2.30. The molecule has 0 saturated heterocycles. The summed E-state index contributed by atoms with van der Waals surface area (Å²) in [7, 11) is 1.27. The fourth-order valence-corrected chi connectivity index (χ4v) is 1.23. The highest BCUT2D eigenvalue weighted by Gasteiger charge is 2.30. The second kappa shape index (κ2) is 5.70. The van der Waals surface area contributed by atoms with Crippen molar-refractivity contribution in [3.05, 3.63) is 35.6 Å². The minimum absolute atomic E-state index is 0.0333. The third-order valence-electron chi connectivity index (χ3n) is 1.98. The third kappa shape index (κ3) is 5.03. The molecule has 1 rings (SSSR count). The molecule has 0 aromatic heterocycles. The fraction of sp³-hybridized carbons (Fsp3) is 0.364. The first-order valence-electron chi connectivity index (χ1n) is 4.97. The van der Waals surface area contributed by atoms with E-state index in [4.69, 9.17) is 0 Å². The van der Waals surface area contributed by atoms with Gasteiger partial charge in [-0.25, -0.2) is 9.18 Å². The van der Waals surface area contributed by atoms with E-state index in [0.717, 1.165) is 4.90 Å². The second-order valence-corrected chi connectivity index (χ2v) is 3.66. The molecule has 1 aromatic carbocycles. The lowest BCUT2D eigenvalue weighted by molar-refractivity contribution is -0.162. The quantitative estimate of drug-likeness (QED) is 0.786. The van der Waals surface area contributed by atoms with Crippen molar-refractivity contribution < 1.29 is 27.1 Å². The SMILES string of the molecule is CN(Cc1cccc(F)c1)C(=O)OCC(F)(F)F. The topological polar surface area (TPSA) is 29.5 Å². The summed E-state index contributed by atoms with van der Waals surface area (Å²) in [6, 6.07) is 5.41. The highest BCUT2D eigenvalue weighted by atomic mass is 19.4. The molecule has 18 heavy (non-hydrogen) atoms. The van der Waals surface area contributed by atoms with Crippen LogP contribution in [-0.2, 0) is 11.3 Å². The van der Waals surface area contributed by atoms with Crippen molar-refractivity contribution in [3.63, 3.8) is 0 Å². The first kappa shape index (κ1) is 14.3. The van der Waals surface area contributed by atoms with Crippen molar-refractivity contribution in [1.82, 2.24) is 4.90 Å². The predicted molar refractivity (Wildman–Crippen MR) is 55.3 cm³/mol. The number of ether oxygens (including phenoxy) is 1. The number of carbonyl (C=O) groups excluding carboxylic acids is 1. The highest BCUT2D eigenvalue weighted by molar-refractivity contribution is 5.67. The molecule has 0 aliphatic rings. The van der Waals surface area contributed by atoms with Crippen molar-refractivity contribution in [1.29, 1.82) is 0 Å². The summed E-state index contributed by atoms with van der Waals surface area (Å²) in [5.74, 6) is -0.482. The molecule has 0 fully saturated rings. The van der Waals surface area contributed by atoms with Crippen molar-refractivity contribution >= 4 is 6.09 Å². The van der Waals surface area contributed by atoms with E-state index in [1.165, 1.54) is 25.2 Å². The lowest BCUT2D eigenvalue weighted by Gasteiger charge is -2.17. The Kier molecular flexibility index (Phi) is 4.52. The number of carbonyl (C=O) groups is 1. The molecule has 0 spiro atoms. The molecule has 0 unspecified atom stereocenters. The Morgan fingerprint density at radius 2 is 2.06 bits per heavy atom. The number of amides is 1. The van der Waals surface area contributed by atoms with Gasteiger partial charge >= 0.3 is 12.3 Å². The summed E-state index contributed by atoms with van der Waals surface area (Å²) in [4.78, 5) is 12.1. The van der Waals surface area contributed by atoms with Crippen LogP contribution < -0.4 is 0 Å². The van der Waals surface area contributed by atoms with Gasteiger partial charge in [-0.3, -0.25) is 0 Å². The van der Waals surface area contributed by atoms with Crippen LogP contribution in [0, 0.1) is 5.82 Å². The monoisotopic (exact) mass is 265 g/mol. The van der Waals surface area contributed by atoms with E-state index in [1.807, 2.05) is 0 Å². The van der Waals surface area contributed by atoms with Crippen LogP contribution >= 0.6 is 0 Å². The van der Waals surface area contributed by atoms with Crippen LogP contribution in [-0.4, -0.2) is 30.8 Å². The third-order valence-corrected chi connectivity index (χ3v) is 1.98. The maximum Gasteiger partial charge on any atom is 0.422 e. The van der Waals surface area contributed by atoms with E-state index < -0.39 is 24.7 Å². The van der Waals surface area contributed by atoms with Crippen LogP contribution in [0.1, 0.15) is 5.56 Å². The van der Waals surface area contributed by atoms with Crippen molar-refractivity contribution in [2.45, 2.75) is 12.7 Å². The molecule has 1 aromatic rings. The van der Waals surface area contributed by atoms with Gasteiger partial charge in [0, 0.05) is 13.6 Å². The van der Waals surface area contributed by atoms with Crippen molar-refractivity contribution in [3.8, 4) is 0 Å². The molecule has 3 nitrogen and oxygen atoms in total. The Balaban J connectivity index is 2.50. The molecule has 0 bridgehead atoms. The molecule has 0 atom stereocenters. The summed E-state index contributed by atoms with van der Waals surface area (Å²) in [5.41, 5.74) is 0.460. The Labute approximate surface area is 101 Å². The fourth-order valence-electron chi connectivity index (χ4n) is 1.23. The standard InChI is InChI=1S/C11H11F4NO2/c1-16(10(17)18-7-11(13,14)15)6-8-3-2-4-9(12)5-8/h2-5H,6-7H2,1H3. The lowest BCUT2D eigenvalue weighted by atomic mass is 10.2. The highest BCUT2D eigenvalue weighted by Crippen LogP contribution is 2.15. The zero-order chi connectivity index (χ0) is 13.8. The molecule has 0 saturated carbocycles. The van der Waals surface area contributed by atoms with Gasteiger partial charge in [0.1, 0.15) is 5.82 Å². The minimum Gasteiger partial charge on any atom is -0.440 e. The Morgan fingerprint density at radius 3 is 2.61 bits per heavy atom. The normalized spacial score (nSPS) is 11.2. The van der Waals surface area contributed by atoms with E-state index in [0.29, 0.717) is 5.56 Å². The number of alkyl halides is 3. The minimum atomic E-state index is -4.56. The van der Waals surface area contributed by atoms with Gasteiger partial charge in [0.15, 0.2) is 6.61 Å². The van der Waals surface area contributed by atoms with Crippen LogP contribution in [0.25, 0.3) is 0 Å². The van der Waals surface area contributed by atoms with Gasteiger partial charge in [-0.15, -0.1) is 0 Å². The first-order valence-corrected chi connectivity index (χ1v) is 4.97. The van der Waals surface area contributed by atoms with Crippen LogP contribution in [0.3, 0.4) is 0 Å². The van der Waals surface area contributed by atoms with E-state index in [-0.39, 0.29) is 6.54 Å². The van der Waals surface area contributed by atoms with E-state index in [9.17, 15) is 22.4 Å². The van der Waals surface area contributed by atoms with Gasteiger partial charge in [0.2, 0.25) is 0 Å². The molecule has 100 valence electrons. The molecule has 0 heterocycles. The largest absolute Gasteiger partial charge is 0.440 e. The first-order chi connectivity index (χ1) is 8.28. The average molecular weight is 265 g/mol. The average Bonchev–Trinajstić information content (AvgIpc) is 2.24. The zero-order valence-corrected chi connectivity index (χ0v) is 9.50. The molecular formula is C11H11F4NO2. The maximum absolute atomic E-state index is 12.8. The summed E-state index contributed by atoms with van der Waals surface area (Å²) in [6.07, 6.45) is -5.67. The molecule has 1 amide bonds. The van der Waals surface area contributed by atoms with Crippen LogP contribution in [0.5, 0.6) is 0 Å². The maximum atomic E-state index is 12.8. The molecule has 0 radical (unpaired) electrons. The van der Waals surface area contributed by atoms with Gasteiger partial charge in [-0.05, 0) is 17.7 Å². The molecule has 7 heteroatoms. The Morgan fingerprint density at radius 1 is 1.39 bits per heavy atom. The van der Waals surface area contributed by atoms with E-state index in [2.05, 4.69) is 4.74 Å². The summed E-state index contributed by atoms with van der Waals surface area (Å²) < 4.78 is 52.3. The van der Waals surface area contributed by atoms with Crippen molar-refractivity contribution in [2.75, 3.05) is 13.7 Å². The van der Waals surface area contributed by atoms with Gasteiger partial charge in [0.25, 0.3) is 0 Å². The van der Waals surface area contributed by atoms with Gasteiger partial charge in [0.05, 0.1) is 0 Å². The molecule has 0 aliphatic carbocycles. The van der Waals surface area contributed by atoms with Crippen LogP contribution in [0.4, 0.5) is 22.4 Å². The molecule has 0 aliphatic heterocycles. The number of rotatable bonds is 3. The summed E-state index contributed by atoms with van der Waals surface area (Å²) in [6.45, 7) is -1.67. The summed E-state index contributed by atoms with van der Waals surface area (Å²) >= 11 is 0. The Bertz CT molecular complexity index is 420. The van der Waals surface area contributed by atoms with Crippen LogP contribution in [0.2, 0.25) is 0 Å². The van der Waals surface area contributed by atoms with E-state index >= 15 is 0 Å². The molecular weight excluding hydrogens is 254 g/mol. The smallest absolute Gasteiger partial charge is 0.422 e. The van der Waals surface area contributed by atoms with Crippen LogP contribution in [0.15, 0.2) is 24.3 Å². The number of halogens is 4. The second-order valence-electron chi connectivity index (χ2n) is 3.66. The van der Waals surface area contributed by atoms with E-state index in [1.54, 1.807) is 6.07 Å². The number of hydrogen-bond donors (Lipinski definition) is 0. The van der Waals surface area contributed by atoms with Gasteiger partial charge in [-0.1, -0.05) is 12.1 Å². The van der Waals surface area contributed by atoms with Gasteiger partial charge in [-0.2, -0.15) is 13.2 Å². The number of hydrogen-bond acceptors (Lipinski definition) is 2. The summed E-state index contributed by atoms with van der Waals surface area (Å²) in [5, 5.41) is 0. The van der Waals surface area contributed by atoms with Gasteiger partial charge < -0.3 is 9.64 Å². The number of nitrogens with zero attached hydrogens (tertiary/aromatic N) is 1. The number of benzene rings is 1. The zero-order valence-electron chi connectivity index (χ0n) is 9.50.